The molecular formula is C12H12Cl2N2. The van der Waals surface area contributed by atoms with E-state index in [-0.39, 0.29) is 12.4 Å². The molecule has 1 N–H and O–H groups in total. The predicted molar refractivity (Wildman–Crippen MR) is 69.4 cm³/mol. The van der Waals surface area contributed by atoms with Gasteiger partial charge in [0, 0.05) is 17.0 Å². The maximum atomic E-state index is 6.16. The largest absolute Gasteiger partial charge is 0.310 e. The number of nitrogens with zero attached hydrogens (tertiary/aromatic N) is 1. The Morgan fingerprint density at radius 1 is 1.31 bits per heavy atom. The zero-order valence-corrected chi connectivity index (χ0v) is 10.2. The van der Waals surface area contributed by atoms with E-state index >= 15 is 0 Å². The van der Waals surface area contributed by atoms with Crippen LogP contribution in [0.15, 0.2) is 30.3 Å². The van der Waals surface area contributed by atoms with E-state index in [0.717, 1.165) is 29.4 Å². The average molecular weight is 255 g/mol. The van der Waals surface area contributed by atoms with E-state index < -0.39 is 0 Å². The van der Waals surface area contributed by atoms with Gasteiger partial charge in [0.1, 0.15) is 5.15 Å². The van der Waals surface area contributed by atoms with Gasteiger partial charge >= 0.3 is 0 Å². The molecule has 0 spiro atoms. The fraction of sp³-hybridized carbons (Fsp3) is 0.250. The van der Waals surface area contributed by atoms with Gasteiger partial charge < -0.3 is 5.32 Å². The zero-order chi connectivity index (χ0) is 10.3. The second-order valence-electron chi connectivity index (χ2n) is 3.86. The van der Waals surface area contributed by atoms with E-state index in [1.165, 1.54) is 0 Å². The van der Waals surface area contributed by atoms with Crippen LogP contribution in [0.5, 0.6) is 0 Å². The molecule has 0 unspecified atom stereocenters. The molecule has 1 aliphatic rings. The summed E-state index contributed by atoms with van der Waals surface area (Å²) in [6.07, 6.45) is 1.15. The van der Waals surface area contributed by atoms with Crippen molar-refractivity contribution in [1.29, 1.82) is 0 Å². The fourth-order valence-electron chi connectivity index (χ4n) is 1.91. The van der Waals surface area contributed by atoms with Crippen molar-refractivity contribution in [2.45, 2.75) is 12.5 Å². The smallest absolute Gasteiger partial charge is 0.134 e. The molecule has 0 radical (unpaired) electrons. The Bertz CT molecular complexity index is 509. The van der Waals surface area contributed by atoms with Crippen molar-refractivity contribution in [2.75, 3.05) is 6.54 Å². The third-order valence-electron chi connectivity index (χ3n) is 2.90. The topological polar surface area (TPSA) is 24.9 Å². The highest BCUT2D eigenvalue weighted by Gasteiger charge is 2.21. The Kier molecular flexibility index (Phi) is 3.33. The summed E-state index contributed by atoms with van der Waals surface area (Å²) in [5.74, 6) is 0. The minimum Gasteiger partial charge on any atom is -0.310 e. The first-order valence-corrected chi connectivity index (χ1v) is 5.51. The van der Waals surface area contributed by atoms with E-state index in [0.29, 0.717) is 11.2 Å². The van der Waals surface area contributed by atoms with E-state index in [1.54, 1.807) is 0 Å². The van der Waals surface area contributed by atoms with Crippen LogP contribution in [0.4, 0.5) is 0 Å². The van der Waals surface area contributed by atoms with Crippen LogP contribution in [0.3, 0.4) is 0 Å². The molecule has 2 nitrogen and oxygen atoms in total. The zero-order valence-electron chi connectivity index (χ0n) is 8.61. The van der Waals surface area contributed by atoms with Gasteiger partial charge in [-0.05, 0) is 25.1 Å². The number of fused-ring (bicyclic) bond motifs is 1. The lowest BCUT2D eigenvalue weighted by atomic mass is 9.98. The second kappa shape index (κ2) is 4.58. The number of para-hydroxylation sites is 1. The summed E-state index contributed by atoms with van der Waals surface area (Å²) in [4.78, 5) is 4.40. The van der Waals surface area contributed by atoms with Gasteiger partial charge in [0.15, 0.2) is 0 Å². The van der Waals surface area contributed by atoms with Gasteiger partial charge in [0.2, 0.25) is 0 Å². The maximum absolute atomic E-state index is 6.16. The molecule has 1 saturated heterocycles. The number of benzene rings is 1. The minimum atomic E-state index is 0. The molecule has 2 heterocycles. The number of pyridine rings is 1. The molecule has 0 saturated carbocycles. The van der Waals surface area contributed by atoms with Crippen molar-refractivity contribution < 1.29 is 0 Å². The van der Waals surface area contributed by atoms with Crippen LogP contribution in [0.2, 0.25) is 5.15 Å². The Labute approximate surface area is 105 Å². The Balaban J connectivity index is 0.000000963. The first-order valence-electron chi connectivity index (χ1n) is 5.13. The molecule has 0 bridgehead atoms. The molecule has 0 amide bonds. The van der Waals surface area contributed by atoms with Crippen LogP contribution in [-0.2, 0) is 0 Å². The van der Waals surface area contributed by atoms with Crippen LogP contribution in [0.25, 0.3) is 10.9 Å². The highest BCUT2D eigenvalue weighted by molar-refractivity contribution is 6.30. The van der Waals surface area contributed by atoms with Gasteiger partial charge in [0.25, 0.3) is 0 Å². The third kappa shape index (κ3) is 1.88. The SMILES string of the molecule is Cl.Clc1nc2ccccc2cc1[C@@H]1CCN1. The quantitative estimate of drug-likeness (QED) is 0.790. The number of aromatic nitrogens is 1. The highest BCUT2D eigenvalue weighted by atomic mass is 35.5. The lowest BCUT2D eigenvalue weighted by Crippen LogP contribution is -2.35. The van der Waals surface area contributed by atoms with Crippen molar-refractivity contribution in [2.24, 2.45) is 0 Å². The molecule has 16 heavy (non-hydrogen) atoms. The molecule has 1 fully saturated rings. The van der Waals surface area contributed by atoms with Crippen LogP contribution in [-0.4, -0.2) is 11.5 Å². The number of rotatable bonds is 1. The lowest BCUT2D eigenvalue weighted by molar-refractivity contribution is 0.383. The molecule has 0 aliphatic carbocycles. The lowest BCUT2D eigenvalue weighted by Gasteiger charge is -2.28. The predicted octanol–water partition coefficient (Wildman–Crippen LogP) is 3.34. The Morgan fingerprint density at radius 3 is 2.75 bits per heavy atom. The molecule has 1 atom stereocenters. The van der Waals surface area contributed by atoms with Gasteiger partial charge in [-0.1, -0.05) is 29.8 Å². The van der Waals surface area contributed by atoms with E-state index in [2.05, 4.69) is 22.4 Å². The summed E-state index contributed by atoms with van der Waals surface area (Å²) < 4.78 is 0. The van der Waals surface area contributed by atoms with Crippen molar-refractivity contribution in [3.63, 3.8) is 0 Å². The summed E-state index contributed by atoms with van der Waals surface area (Å²) >= 11 is 6.16. The van der Waals surface area contributed by atoms with Crippen LogP contribution < -0.4 is 5.32 Å². The standard InChI is InChI=1S/C12H11ClN2.ClH/c13-12-9(11-5-6-14-11)7-8-3-1-2-4-10(8)15-12;/h1-4,7,11,14H,5-6H2;1H/t11-;/m0./s1. The summed E-state index contributed by atoms with van der Waals surface area (Å²) in [6, 6.07) is 10.6. The molecule has 1 aromatic carbocycles. The molecule has 1 aliphatic heterocycles. The Hall–Kier alpha value is -0.830. The normalized spacial score (nSPS) is 18.9. The van der Waals surface area contributed by atoms with Crippen molar-refractivity contribution in [1.82, 2.24) is 10.3 Å². The van der Waals surface area contributed by atoms with Gasteiger partial charge in [-0.3, -0.25) is 0 Å². The number of nitrogens with one attached hydrogen (secondary N) is 1. The summed E-state index contributed by atoms with van der Waals surface area (Å²) in [5, 5.41) is 5.13. The molecule has 84 valence electrons. The number of hydrogen-bond acceptors (Lipinski definition) is 2. The van der Waals surface area contributed by atoms with Crippen LogP contribution in [0, 0.1) is 0 Å². The monoisotopic (exact) mass is 254 g/mol. The molecule has 1 aromatic heterocycles. The van der Waals surface area contributed by atoms with Crippen molar-refractivity contribution >= 4 is 34.9 Å². The Morgan fingerprint density at radius 2 is 2.06 bits per heavy atom. The van der Waals surface area contributed by atoms with Gasteiger partial charge in [-0.25, -0.2) is 4.98 Å². The highest BCUT2D eigenvalue weighted by Crippen LogP contribution is 2.30. The summed E-state index contributed by atoms with van der Waals surface area (Å²) in [6.45, 7) is 1.08. The van der Waals surface area contributed by atoms with Crippen LogP contribution >= 0.6 is 24.0 Å². The van der Waals surface area contributed by atoms with Gasteiger partial charge in [-0.15, -0.1) is 12.4 Å². The second-order valence-corrected chi connectivity index (χ2v) is 4.21. The van der Waals surface area contributed by atoms with E-state index in [4.69, 9.17) is 11.6 Å². The van der Waals surface area contributed by atoms with Gasteiger partial charge in [0.05, 0.1) is 5.52 Å². The first kappa shape index (κ1) is 11.6. The molecular weight excluding hydrogens is 243 g/mol. The molecule has 3 rings (SSSR count). The van der Waals surface area contributed by atoms with Crippen molar-refractivity contribution in [3.8, 4) is 0 Å². The third-order valence-corrected chi connectivity index (χ3v) is 3.21. The minimum absolute atomic E-state index is 0. The van der Waals surface area contributed by atoms with E-state index in [1.807, 2.05) is 18.2 Å². The average Bonchev–Trinajstić information content (AvgIpc) is 2.16. The fourth-order valence-corrected chi connectivity index (χ4v) is 2.18. The van der Waals surface area contributed by atoms with Crippen molar-refractivity contribution in [3.05, 3.63) is 41.0 Å². The molecule has 4 heteroatoms. The summed E-state index contributed by atoms with van der Waals surface area (Å²) in [5.41, 5.74) is 2.09. The number of halogens is 2. The molecule has 2 aromatic rings. The summed E-state index contributed by atoms with van der Waals surface area (Å²) in [7, 11) is 0. The van der Waals surface area contributed by atoms with Gasteiger partial charge in [-0.2, -0.15) is 0 Å². The van der Waals surface area contributed by atoms with E-state index in [9.17, 15) is 0 Å². The first-order chi connectivity index (χ1) is 7.34. The number of hydrogen-bond donors (Lipinski definition) is 1. The maximum Gasteiger partial charge on any atom is 0.134 e. The van der Waals surface area contributed by atoms with Crippen LogP contribution in [0.1, 0.15) is 18.0 Å².